The molecule has 0 fully saturated rings. The Bertz CT molecular complexity index is 217. The average molecular weight is 276 g/mol. The van der Waals surface area contributed by atoms with Crippen molar-refractivity contribution in [2.24, 2.45) is 0 Å². The minimum Gasteiger partial charge on any atom is -0.438 e. The molecule has 19 heavy (non-hydrogen) atoms. The number of ether oxygens (including phenoxy) is 4. The summed E-state index contributed by atoms with van der Waals surface area (Å²) >= 11 is 0. The highest BCUT2D eigenvalue weighted by Crippen LogP contribution is 2.07. The van der Waals surface area contributed by atoms with E-state index in [1.807, 2.05) is 0 Å². The largest absolute Gasteiger partial charge is 0.507 e. The van der Waals surface area contributed by atoms with Crippen molar-refractivity contribution in [2.75, 3.05) is 27.4 Å². The Morgan fingerprint density at radius 1 is 0.632 bits per heavy atom. The van der Waals surface area contributed by atoms with E-state index in [2.05, 4.69) is 9.47 Å². The van der Waals surface area contributed by atoms with E-state index in [1.165, 1.54) is 14.2 Å². The molecule has 0 aromatic rings. The maximum atomic E-state index is 10.6. The summed E-state index contributed by atoms with van der Waals surface area (Å²) in [5, 5.41) is 0. The second kappa shape index (κ2) is 13.0. The van der Waals surface area contributed by atoms with Gasteiger partial charge >= 0.3 is 12.3 Å². The van der Waals surface area contributed by atoms with Crippen molar-refractivity contribution in [3.63, 3.8) is 0 Å². The molecule has 0 saturated carbocycles. The number of unbranched alkanes of at least 4 members (excludes halogenated alkanes) is 6. The quantitative estimate of drug-likeness (QED) is 0.450. The van der Waals surface area contributed by atoms with Gasteiger partial charge in [-0.05, 0) is 12.8 Å². The Morgan fingerprint density at radius 2 is 0.947 bits per heavy atom. The summed E-state index contributed by atoms with van der Waals surface area (Å²) in [5.41, 5.74) is 0. The summed E-state index contributed by atoms with van der Waals surface area (Å²) in [6.45, 7) is 0.833. The fraction of sp³-hybridized carbons (Fsp3) is 0.846. The normalized spacial score (nSPS) is 9.79. The van der Waals surface area contributed by atoms with Crippen LogP contribution in [0.3, 0.4) is 0 Å². The van der Waals surface area contributed by atoms with Crippen molar-refractivity contribution in [1.82, 2.24) is 0 Å². The molecule has 112 valence electrons. The zero-order valence-corrected chi connectivity index (χ0v) is 11.8. The van der Waals surface area contributed by atoms with E-state index >= 15 is 0 Å². The van der Waals surface area contributed by atoms with E-state index in [0.717, 1.165) is 44.9 Å². The van der Waals surface area contributed by atoms with E-state index in [1.54, 1.807) is 0 Å². The van der Waals surface area contributed by atoms with Crippen LogP contribution in [0, 0.1) is 0 Å². The Hall–Kier alpha value is -1.46. The fourth-order valence-electron chi connectivity index (χ4n) is 1.52. The van der Waals surface area contributed by atoms with E-state index < -0.39 is 12.3 Å². The first-order valence-corrected chi connectivity index (χ1v) is 6.62. The van der Waals surface area contributed by atoms with E-state index in [4.69, 9.17) is 9.47 Å². The van der Waals surface area contributed by atoms with Crippen molar-refractivity contribution >= 4 is 12.3 Å². The number of carbonyl (C=O) groups is 2. The van der Waals surface area contributed by atoms with Gasteiger partial charge in [0.25, 0.3) is 0 Å². The molecule has 0 spiro atoms. The Labute approximate surface area is 114 Å². The van der Waals surface area contributed by atoms with Gasteiger partial charge in [0.1, 0.15) is 0 Å². The van der Waals surface area contributed by atoms with Crippen molar-refractivity contribution in [3.8, 4) is 0 Å². The maximum absolute atomic E-state index is 10.6. The molecule has 0 saturated heterocycles. The summed E-state index contributed by atoms with van der Waals surface area (Å²) in [6.07, 6.45) is 5.92. The molecule has 6 heteroatoms. The van der Waals surface area contributed by atoms with E-state index in [0.29, 0.717) is 13.2 Å². The minimum absolute atomic E-state index is 0.416. The molecule has 0 N–H and O–H groups in total. The molecule has 0 radical (unpaired) electrons. The lowest BCUT2D eigenvalue weighted by Crippen LogP contribution is -2.05. The third-order valence-electron chi connectivity index (χ3n) is 2.56. The van der Waals surface area contributed by atoms with Crippen LogP contribution in [0.15, 0.2) is 0 Å². The maximum Gasteiger partial charge on any atom is 0.507 e. The van der Waals surface area contributed by atoms with E-state index in [-0.39, 0.29) is 0 Å². The van der Waals surface area contributed by atoms with Gasteiger partial charge in [0, 0.05) is 0 Å². The van der Waals surface area contributed by atoms with Gasteiger partial charge in [-0.25, -0.2) is 9.59 Å². The van der Waals surface area contributed by atoms with Crippen LogP contribution in [-0.2, 0) is 18.9 Å². The molecule has 6 nitrogen and oxygen atoms in total. The molecular weight excluding hydrogens is 252 g/mol. The molecule has 0 atom stereocenters. The Kier molecular flexibility index (Phi) is 12.0. The first kappa shape index (κ1) is 17.5. The van der Waals surface area contributed by atoms with Crippen molar-refractivity contribution < 1.29 is 28.5 Å². The molecule has 0 bridgehead atoms. The zero-order chi connectivity index (χ0) is 14.3. The minimum atomic E-state index is -0.620. The highest BCUT2D eigenvalue weighted by Gasteiger charge is 2.00. The molecule has 0 aliphatic carbocycles. The summed E-state index contributed by atoms with van der Waals surface area (Å²) in [4.78, 5) is 21.3. The smallest absolute Gasteiger partial charge is 0.438 e. The lowest BCUT2D eigenvalue weighted by atomic mass is 10.1. The van der Waals surface area contributed by atoms with Crippen LogP contribution in [0.5, 0.6) is 0 Å². The van der Waals surface area contributed by atoms with Gasteiger partial charge in [0.15, 0.2) is 0 Å². The molecular formula is C13H24O6. The van der Waals surface area contributed by atoms with Crippen LogP contribution in [0.1, 0.15) is 44.9 Å². The summed E-state index contributed by atoms with van der Waals surface area (Å²) in [6, 6.07) is 0. The van der Waals surface area contributed by atoms with Crippen LogP contribution >= 0.6 is 0 Å². The van der Waals surface area contributed by atoms with Crippen molar-refractivity contribution in [3.05, 3.63) is 0 Å². The highest BCUT2D eigenvalue weighted by atomic mass is 16.7. The number of carbonyl (C=O) groups excluding carboxylic acids is 2. The molecule has 0 rings (SSSR count). The van der Waals surface area contributed by atoms with Gasteiger partial charge in [-0.15, -0.1) is 0 Å². The van der Waals surface area contributed by atoms with Gasteiger partial charge in [0.05, 0.1) is 27.4 Å². The number of rotatable bonds is 10. The van der Waals surface area contributed by atoms with Gasteiger partial charge in [-0.1, -0.05) is 32.1 Å². The lowest BCUT2D eigenvalue weighted by Gasteiger charge is -2.04. The molecule has 0 aromatic carbocycles. The predicted molar refractivity (Wildman–Crippen MR) is 69.0 cm³/mol. The molecule has 0 aliphatic rings. The molecule has 0 aliphatic heterocycles. The highest BCUT2D eigenvalue weighted by molar-refractivity contribution is 5.59. The van der Waals surface area contributed by atoms with Crippen LogP contribution in [0.2, 0.25) is 0 Å². The number of hydrogen-bond acceptors (Lipinski definition) is 6. The van der Waals surface area contributed by atoms with Crippen molar-refractivity contribution in [2.45, 2.75) is 44.9 Å². The summed E-state index contributed by atoms with van der Waals surface area (Å²) in [5.74, 6) is 0. The fourth-order valence-corrected chi connectivity index (χ4v) is 1.52. The van der Waals surface area contributed by atoms with Crippen LogP contribution < -0.4 is 0 Å². The molecule has 0 unspecified atom stereocenters. The summed E-state index contributed by atoms with van der Waals surface area (Å²) < 4.78 is 18.2. The SMILES string of the molecule is COC(=O)OCCCCCCCCCOC(=O)OC. The second-order valence-corrected chi connectivity index (χ2v) is 4.08. The summed E-state index contributed by atoms with van der Waals surface area (Å²) in [7, 11) is 2.60. The number of hydrogen-bond donors (Lipinski definition) is 0. The number of methoxy groups -OCH3 is 2. The topological polar surface area (TPSA) is 71.1 Å². The van der Waals surface area contributed by atoms with Gasteiger partial charge < -0.3 is 18.9 Å². The Morgan fingerprint density at radius 3 is 1.26 bits per heavy atom. The van der Waals surface area contributed by atoms with Gasteiger partial charge in [0.2, 0.25) is 0 Å². The van der Waals surface area contributed by atoms with Crippen LogP contribution in [-0.4, -0.2) is 39.7 Å². The first-order chi connectivity index (χ1) is 9.20. The van der Waals surface area contributed by atoms with Crippen LogP contribution in [0.25, 0.3) is 0 Å². The third kappa shape index (κ3) is 12.8. The third-order valence-corrected chi connectivity index (χ3v) is 2.56. The predicted octanol–water partition coefficient (Wildman–Crippen LogP) is 3.28. The first-order valence-electron chi connectivity index (χ1n) is 6.62. The Balaban J connectivity index is 3.07. The second-order valence-electron chi connectivity index (χ2n) is 4.08. The van der Waals surface area contributed by atoms with Gasteiger partial charge in [-0.2, -0.15) is 0 Å². The molecule has 0 heterocycles. The monoisotopic (exact) mass is 276 g/mol. The van der Waals surface area contributed by atoms with Crippen LogP contribution in [0.4, 0.5) is 9.59 Å². The lowest BCUT2D eigenvalue weighted by molar-refractivity contribution is 0.0708. The zero-order valence-electron chi connectivity index (χ0n) is 11.8. The standard InChI is InChI=1S/C13H24O6/c1-16-12(14)18-10-8-6-4-3-5-7-9-11-19-13(15)17-2/h3-11H2,1-2H3. The molecule has 0 aromatic heterocycles. The van der Waals surface area contributed by atoms with E-state index in [9.17, 15) is 9.59 Å². The average Bonchev–Trinajstić information content (AvgIpc) is 2.43. The van der Waals surface area contributed by atoms with Gasteiger partial charge in [-0.3, -0.25) is 0 Å². The van der Waals surface area contributed by atoms with Crippen molar-refractivity contribution in [1.29, 1.82) is 0 Å². The molecule has 0 amide bonds.